The average Bonchev–Trinajstić information content (AvgIpc) is 2.75. The molecule has 0 fully saturated rings. The van der Waals surface area contributed by atoms with Crippen LogP contribution in [0.3, 0.4) is 0 Å². The third-order valence-electron chi connectivity index (χ3n) is 5.40. The Balaban J connectivity index is 2.59. The highest BCUT2D eigenvalue weighted by molar-refractivity contribution is 5.13. The van der Waals surface area contributed by atoms with Crippen molar-refractivity contribution in [2.45, 2.75) is 98.1 Å². The van der Waals surface area contributed by atoms with Crippen LogP contribution in [0.25, 0.3) is 0 Å². The van der Waals surface area contributed by atoms with Crippen molar-refractivity contribution in [3.05, 3.63) is 35.9 Å². The molecular weight excluding hydrogens is 376 g/mol. The van der Waals surface area contributed by atoms with Crippen molar-refractivity contribution in [3.63, 3.8) is 0 Å². The smallest absolute Gasteiger partial charge is 0.285 e. The third-order valence-corrected chi connectivity index (χ3v) is 5.40. The second kappa shape index (κ2) is 17.7. The topological polar surface area (TPSA) is 36.9 Å². The van der Waals surface area contributed by atoms with Crippen LogP contribution < -0.4 is 0 Å². The second-order valence-corrected chi connectivity index (χ2v) is 7.84. The van der Waals surface area contributed by atoms with Crippen LogP contribution in [0.2, 0.25) is 0 Å². The van der Waals surface area contributed by atoms with Gasteiger partial charge in [0.25, 0.3) is 5.97 Å². The van der Waals surface area contributed by atoms with E-state index < -0.39 is 5.97 Å². The molecule has 1 rings (SSSR count). The van der Waals surface area contributed by atoms with Gasteiger partial charge in [-0.2, -0.15) is 0 Å². The zero-order valence-corrected chi connectivity index (χ0v) is 20.0. The van der Waals surface area contributed by atoms with E-state index in [-0.39, 0.29) is 5.92 Å². The molecule has 1 aromatic carbocycles. The second-order valence-electron chi connectivity index (χ2n) is 7.84. The van der Waals surface area contributed by atoms with Gasteiger partial charge in [-0.3, -0.25) is 0 Å². The summed E-state index contributed by atoms with van der Waals surface area (Å²) in [5.41, 5.74) is 1.22. The van der Waals surface area contributed by atoms with E-state index in [1.807, 2.05) is 26.8 Å². The fourth-order valence-electron chi connectivity index (χ4n) is 3.95. The first-order valence-corrected chi connectivity index (χ1v) is 12.3. The summed E-state index contributed by atoms with van der Waals surface area (Å²) < 4.78 is 24.2. The molecule has 174 valence electrons. The van der Waals surface area contributed by atoms with Crippen LogP contribution in [0.4, 0.5) is 0 Å². The maximum Gasteiger partial charge on any atom is 0.285 e. The molecule has 0 saturated carbocycles. The summed E-state index contributed by atoms with van der Waals surface area (Å²) in [6.07, 6.45) is 10.7. The Hall–Kier alpha value is -0.940. The molecule has 0 spiro atoms. The lowest BCUT2D eigenvalue weighted by atomic mass is 9.93. The van der Waals surface area contributed by atoms with Gasteiger partial charge in [0.05, 0.1) is 6.61 Å². The van der Waals surface area contributed by atoms with Gasteiger partial charge in [-0.25, -0.2) is 0 Å². The van der Waals surface area contributed by atoms with E-state index in [1.54, 1.807) is 0 Å². The van der Waals surface area contributed by atoms with E-state index in [2.05, 4.69) is 31.2 Å². The molecule has 0 aliphatic carbocycles. The van der Waals surface area contributed by atoms with Crippen LogP contribution in [-0.4, -0.2) is 32.4 Å². The van der Waals surface area contributed by atoms with Crippen LogP contribution >= 0.6 is 0 Å². The summed E-state index contributed by atoms with van der Waals surface area (Å²) in [5.74, 6) is -0.718. The molecule has 0 aliphatic rings. The van der Waals surface area contributed by atoms with Crippen molar-refractivity contribution in [1.29, 1.82) is 0 Å². The predicted octanol–water partition coefficient (Wildman–Crippen LogP) is 7.11. The minimum Gasteiger partial charge on any atom is -0.377 e. The highest BCUT2D eigenvalue weighted by Crippen LogP contribution is 2.34. The summed E-state index contributed by atoms with van der Waals surface area (Å²) in [6, 6.07) is 10.3. The van der Waals surface area contributed by atoms with Gasteiger partial charge in [0.2, 0.25) is 0 Å². The quantitative estimate of drug-likeness (QED) is 0.166. The van der Waals surface area contributed by atoms with Gasteiger partial charge in [0.15, 0.2) is 0 Å². The molecule has 0 N–H and O–H groups in total. The fraction of sp³-hybridized carbons (Fsp3) is 0.769. The highest BCUT2D eigenvalue weighted by atomic mass is 16.9. The van der Waals surface area contributed by atoms with Crippen molar-refractivity contribution in [3.8, 4) is 0 Å². The van der Waals surface area contributed by atoms with Gasteiger partial charge >= 0.3 is 0 Å². The van der Waals surface area contributed by atoms with Crippen LogP contribution in [-0.2, 0) is 25.6 Å². The molecule has 0 bridgehead atoms. The number of unbranched alkanes of at least 4 members (excludes halogenated alkanes) is 5. The zero-order valence-electron chi connectivity index (χ0n) is 20.0. The monoisotopic (exact) mass is 422 g/mol. The van der Waals surface area contributed by atoms with E-state index >= 15 is 0 Å². The number of rotatable bonds is 20. The number of hydrogen-bond donors (Lipinski definition) is 0. The Morgan fingerprint density at radius 2 is 1.27 bits per heavy atom. The van der Waals surface area contributed by atoms with E-state index in [0.29, 0.717) is 26.4 Å². The standard InChI is InChI=1S/C26H46O4/c1-5-9-10-11-12-16-20-25(26(28-6-2,29-7-3)30-8-4)21-17-22-27-23-24-18-14-13-15-19-24/h13-15,18-19,25H,5-12,16-17,20-23H2,1-4H3. The Morgan fingerprint density at radius 1 is 0.700 bits per heavy atom. The first kappa shape index (κ1) is 27.1. The third kappa shape index (κ3) is 10.9. The summed E-state index contributed by atoms with van der Waals surface area (Å²) in [7, 11) is 0. The van der Waals surface area contributed by atoms with Crippen LogP contribution in [0.1, 0.15) is 91.0 Å². The van der Waals surface area contributed by atoms with Crippen molar-refractivity contribution < 1.29 is 18.9 Å². The average molecular weight is 423 g/mol. The minimum absolute atomic E-state index is 0.212. The molecule has 1 atom stereocenters. The Morgan fingerprint density at radius 3 is 1.87 bits per heavy atom. The van der Waals surface area contributed by atoms with E-state index in [9.17, 15) is 0 Å². The number of ether oxygens (including phenoxy) is 4. The summed E-state index contributed by atoms with van der Waals surface area (Å²) >= 11 is 0. The van der Waals surface area contributed by atoms with Crippen molar-refractivity contribution in [2.24, 2.45) is 5.92 Å². The molecule has 0 radical (unpaired) electrons. The molecule has 0 amide bonds. The number of hydrogen-bond acceptors (Lipinski definition) is 4. The van der Waals surface area contributed by atoms with E-state index in [0.717, 1.165) is 25.9 Å². The molecule has 0 aliphatic heterocycles. The Bertz CT molecular complexity index is 474. The summed E-state index contributed by atoms with van der Waals surface area (Å²) in [6.45, 7) is 11.4. The Labute approximate surface area is 185 Å². The largest absolute Gasteiger partial charge is 0.377 e. The molecular formula is C26H46O4. The normalized spacial score (nSPS) is 12.9. The number of benzene rings is 1. The lowest BCUT2D eigenvalue weighted by molar-refractivity contribution is -0.403. The zero-order chi connectivity index (χ0) is 21.9. The summed E-state index contributed by atoms with van der Waals surface area (Å²) in [4.78, 5) is 0. The molecule has 0 saturated heterocycles. The van der Waals surface area contributed by atoms with Gasteiger partial charge in [-0.05, 0) is 45.6 Å². The first-order valence-electron chi connectivity index (χ1n) is 12.3. The lowest BCUT2D eigenvalue weighted by Gasteiger charge is -2.39. The molecule has 0 aromatic heterocycles. The van der Waals surface area contributed by atoms with Gasteiger partial charge < -0.3 is 18.9 Å². The molecule has 1 unspecified atom stereocenters. The van der Waals surface area contributed by atoms with Crippen LogP contribution in [0.15, 0.2) is 30.3 Å². The molecule has 0 heterocycles. The van der Waals surface area contributed by atoms with Gasteiger partial charge in [0.1, 0.15) is 0 Å². The van der Waals surface area contributed by atoms with Gasteiger partial charge in [0, 0.05) is 32.3 Å². The molecule has 1 aromatic rings. The van der Waals surface area contributed by atoms with Crippen LogP contribution in [0.5, 0.6) is 0 Å². The van der Waals surface area contributed by atoms with E-state index in [1.165, 1.54) is 44.1 Å². The lowest BCUT2D eigenvalue weighted by Crippen LogP contribution is -2.47. The molecule has 30 heavy (non-hydrogen) atoms. The van der Waals surface area contributed by atoms with Crippen molar-refractivity contribution in [2.75, 3.05) is 26.4 Å². The van der Waals surface area contributed by atoms with E-state index in [4.69, 9.17) is 18.9 Å². The SMILES string of the molecule is CCCCCCCCC(CCCOCc1ccccc1)C(OCC)(OCC)OCC. The Kier molecular flexibility index (Phi) is 16.0. The molecule has 4 nitrogen and oxygen atoms in total. The first-order chi connectivity index (χ1) is 14.7. The van der Waals surface area contributed by atoms with Crippen LogP contribution in [0, 0.1) is 5.92 Å². The predicted molar refractivity (Wildman–Crippen MR) is 124 cm³/mol. The summed E-state index contributed by atoms with van der Waals surface area (Å²) in [5, 5.41) is 0. The minimum atomic E-state index is -0.929. The fourth-order valence-corrected chi connectivity index (χ4v) is 3.95. The van der Waals surface area contributed by atoms with Gasteiger partial charge in [-0.1, -0.05) is 75.8 Å². The van der Waals surface area contributed by atoms with Crippen molar-refractivity contribution in [1.82, 2.24) is 0 Å². The molecule has 4 heteroatoms. The highest BCUT2D eigenvalue weighted by Gasteiger charge is 2.41. The van der Waals surface area contributed by atoms with Gasteiger partial charge in [-0.15, -0.1) is 0 Å². The maximum absolute atomic E-state index is 6.11. The maximum atomic E-state index is 6.11. The van der Waals surface area contributed by atoms with Crippen molar-refractivity contribution >= 4 is 0 Å².